The Morgan fingerprint density at radius 1 is 0.667 bits per heavy atom. The molecule has 2 aromatic rings. The van der Waals surface area contributed by atoms with Crippen LogP contribution in [0.25, 0.3) is 0 Å². The Morgan fingerprint density at radius 2 is 1.08 bits per heavy atom. The molecule has 2 spiro atoms. The van der Waals surface area contributed by atoms with Crippen LogP contribution in [0.1, 0.15) is 50.7 Å². The molecular formula is C42H52N4O2+2. The molecule has 2 aromatic carbocycles. The number of anilines is 2. The molecule has 14 atom stereocenters. The molecule has 4 bridgehead atoms. The standard InChI is InChI=1S/C42H52N4O2/c1-5-25-23-45(3)17-15-39-21-27-11-8-10-14-32(27)44-38-36-30-20-34-40(16-18-46(34,4)24-26(30)6-2)22-28-12-7-9-13-31(28)43(42(36,40)48)37(38)35(41(39,44)47)29(25)19-33(39)45/h5-14,29-30,33-38,47-48H,15-24H2,1-4H3/q+2/b25-5-,26-6-/t29-,30-,33-,34-,35+,36+,37+,38+,39+,40+,41+,42+,45?,46?/m0/s1. The highest BCUT2D eigenvalue weighted by Gasteiger charge is 2.89. The van der Waals surface area contributed by atoms with Crippen LogP contribution in [0.15, 0.2) is 71.8 Å². The number of aliphatic hydroxyl groups is 2. The lowest BCUT2D eigenvalue weighted by molar-refractivity contribution is -0.927. The SMILES string of the molecule is C/C=C1/C[N+]2(C)CC[C@@]34Cc5ccccc5N5[C@H]6[C@@H]([C@@H]([C@H]1C[C@@H]32)[C@]54O)N1c2ccccc2C[C@]23CC[N+]4(C)C/C(=C/C)[C@H](C[C@@H]24)[C@H]6[C@]13O. The van der Waals surface area contributed by atoms with Gasteiger partial charge in [0.05, 0.1) is 50.1 Å². The van der Waals surface area contributed by atoms with Crippen LogP contribution < -0.4 is 9.80 Å². The maximum atomic E-state index is 14.4. The number of hydrogen-bond acceptors (Lipinski definition) is 4. The van der Waals surface area contributed by atoms with Crippen molar-refractivity contribution in [3.8, 4) is 0 Å². The summed E-state index contributed by atoms with van der Waals surface area (Å²) in [6, 6.07) is 19.3. The fourth-order valence-corrected chi connectivity index (χ4v) is 16.5. The molecule has 8 fully saturated rings. The fraction of sp³-hybridized carbons (Fsp3) is 0.619. The van der Waals surface area contributed by atoms with Gasteiger partial charge in [-0.3, -0.25) is 0 Å². The summed E-state index contributed by atoms with van der Waals surface area (Å²) in [7, 11) is 5.01. The minimum Gasteiger partial charge on any atom is -0.370 e. The molecule has 10 aliphatic rings. The number of piperidine rings is 2. The van der Waals surface area contributed by atoms with Crippen LogP contribution in [0, 0.1) is 34.5 Å². The van der Waals surface area contributed by atoms with Crippen molar-refractivity contribution < 1.29 is 19.2 Å². The highest BCUT2D eigenvalue weighted by atomic mass is 16.3. The average molecular weight is 645 g/mol. The maximum absolute atomic E-state index is 14.4. The van der Waals surface area contributed by atoms with Crippen molar-refractivity contribution in [2.45, 2.75) is 88.0 Å². The summed E-state index contributed by atoms with van der Waals surface area (Å²) in [6.07, 6.45) is 11.3. The second kappa shape index (κ2) is 8.12. The Hall–Kier alpha value is -2.64. The predicted octanol–water partition coefficient (Wildman–Crippen LogP) is 4.86. The number of fused-ring (bicyclic) bond motifs is 13. The Kier molecular flexibility index (Phi) is 4.75. The van der Waals surface area contributed by atoms with Crippen LogP contribution in [0.3, 0.4) is 0 Å². The number of allylic oxidation sites excluding steroid dienone is 2. The highest BCUT2D eigenvalue weighted by Crippen LogP contribution is 2.78. The number of nitrogens with zero attached hydrogens (tertiary/aromatic N) is 4. The third-order valence-electron chi connectivity index (χ3n) is 17.8. The first kappa shape index (κ1) is 28.1. The molecule has 12 rings (SSSR count). The number of para-hydroxylation sites is 2. The van der Waals surface area contributed by atoms with Crippen molar-refractivity contribution in [3.63, 3.8) is 0 Å². The monoisotopic (exact) mass is 644 g/mol. The molecule has 0 radical (unpaired) electrons. The number of likely N-dealkylation sites (N-methyl/N-ethyl adjacent to an activating group) is 2. The Balaban J connectivity index is 1.20. The third kappa shape index (κ3) is 2.53. The third-order valence-corrected chi connectivity index (χ3v) is 17.8. The van der Waals surface area contributed by atoms with E-state index in [0.717, 1.165) is 73.7 Å². The summed E-state index contributed by atoms with van der Waals surface area (Å²) in [4.78, 5) is 5.33. The zero-order valence-corrected chi connectivity index (χ0v) is 29.1. The van der Waals surface area contributed by atoms with Gasteiger partial charge in [0.25, 0.3) is 0 Å². The van der Waals surface area contributed by atoms with Gasteiger partial charge in [-0.1, -0.05) is 48.6 Å². The summed E-state index contributed by atoms with van der Waals surface area (Å²) in [5, 5.41) is 28.7. The molecule has 48 heavy (non-hydrogen) atoms. The zero-order valence-electron chi connectivity index (χ0n) is 29.1. The largest absolute Gasteiger partial charge is 0.370 e. The smallest absolute Gasteiger partial charge is 0.155 e. The van der Waals surface area contributed by atoms with Crippen molar-refractivity contribution in [1.29, 1.82) is 0 Å². The minimum atomic E-state index is -0.961. The van der Waals surface area contributed by atoms with Gasteiger partial charge in [-0.05, 0) is 61.1 Å². The molecule has 6 saturated heterocycles. The quantitative estimate of drug-likeness (QED) is 0.318. The first-order chi connectivity index (χ1) is 23.1. The molecule has 2 unspecified atom stereocenters. The summed E-state index contributed by atoms with van der Waals surface area (Å²) >= 11 is 0. The van der Waals surface area contributed by atoms with E-state index >= 15 is 0 Å². The summed E-state index contributed by atoms with van der Waals surface area (Å²) in [5.74, 6) is 0.728. The van der Waals surface area contributed by atoms with Crippen LogP contribution >= 0.6 is 0 Å². The summed E-state index contributed by atoms with van der Waals surface area (Å²) in [5.41, 5.74) is 6.16. The molecule has 6 heteroatoms. The van der Waals surface area contributed by atoms with Crippen LogP contribution in [0.2, 0.25) is 0 Å². The molecule has 250 valence electrons. The van der Waals surface area contributed by atoms with Crippen molar-refractivity contribution >= 4 is 11.4 Å². The molecule has 0 aromatic heterocycles. The van der Waals surface area contributed by atoms with Gasteiger partial charge in [-0.2, -0.15) is 0 Å². The van der Waals surface area contributed by atoms with Crippen molar-refractivity contribution in [2.75, 3.05) is 50.1 Å². The Bertz CT molecular complexity index is 1770. The molecule has 8 aliphatic heterocycles. The molecule has 2 saturated carbocycles. The van der Waals surface area contributed by atoms with Gasteiger partial charge in [-0.25, -0.2) is 0 Å². The van der Waals surface area contributed by atoms with Crippen LogP contribution in [-0.4, -0.2) is 95.1 Å². The molecule has 8 heterocycles. The topological polar surface area (TPSA) is 46.9 Å². The van der Waals surface area contributed by atoms with Crippen molar-refractivity contribution in [2.24, 2.45) is 34.5 Å². The van der Waals surface area contributed by atoms with Gasteiger partial charge in [-0.15, -0.1) is 0 Å². The molecule has 0 amide bonds. The minimum absolute atomic E-state index is 0.0409. The first-order valence-electron chi connectivity index (χ1n) is 19.3. The molecule has 6 nitrogen and oxygen atoms in total. The lowest BCUT2D eigenvalue weighted by atomic mass is 9.50. The Labute approximate surface area is 285 Å². The maximum Gasteiger partial charge on any atom is 0.155 e. The van der Waals surface area contributed by atoms with E-state index in [1.165, 1.54) is 22.5 Å². The van der Waals surface area contributed by atoms with Gasteiger partial charge >= 0.3 is 0 Å². The van der Waals surface area contributed by atoms with Crippen LogP contribution in [-0.2, 0) is 12.8 Å². The number of benzene rings is 2. The van der Waals surface area contributed by atoms with Gasteiger partial charge in [0.15, 0.2) is 11.4 Å². The summed E-state index contributed by atoms with van der Waals surface area (Å²) in [6.45, 7) is 9.02. The van der Waals surface area contributed by atoms with E-state index in [1.54, 1.807) is 11.1 Å². The molecule has 2 aliphatic carbocycles. The predicted molar refractivity (Wildman–Crippen MR) is 187 cm³/mol. The van der Waals surface area contributed by atoms with E-state index < -0.39 is 11.4 Å². The van der Waals surface area contributed by atoms with E-state index in [2.05, 4.69) is 98.4 Å². The van der Waals surface area contributed by atoms with Gasteiger partial charge < -0.3 is 29.0 Å². The highest BCUT2D eigenvalue weighted by molar-refractivity contribution is 5.71. The fourth-order valence-electron chi connectivity index (χ4n) is 16.5. The van der Waals surface area contributed by atoms with E-state index in [-0.39, 0.29) is 34.7 Å². The van der Waals surface area contributed by atoms with E-state index in [1.807, 2.05) is 0 Å². The van der Waals surface area contributed by atoms with E-state index in [4.69, 9.17) is 0 Å². The van der Waals surface area contributed by atoms with E-state index in [9.17, 15) is 10.2 Å². The van der Waals surface area contributed by atoms with Crippen molar-refractivity contribution in [3.05, 3.63) is 83.0 Å². The van der Waals surface area contributed by atoms with E-state index in [0.29, 0.717) is 23.9 Å². The average Bonchev–Trinajstić information content (AvgIpc) is 3.74. The normalized spacial score (nSPS) is 55.4. The zero-order chi connectivity index (χ0) is 32.4. The van der Waals surface area contributed by atoms with Gasteiger partial charge in [0, 0.05) is 60.7 Å². The lowest BCUT2D eigenvalue weighted by Gasteiger charge is -2.68. The number of hydrogen-bond donors (Lipinski definition) is 2. The van der Waals surface area contributed by atoms with Gasteiger partial charge in [0.2, 0.25) is 0 Å². The lowest BCUT2D eigenvalue weighted by Crippen LogP contribution is -2.80. The molecular weight excluding hydrogens is 592 g/mol. The van der Waals surface area contributed by atoms with Gasteiger partial charge in [0.1, 0.15) is 25.2 Å². The van der Waals surface area contributed by atoms with Crippen LogP contribution in [0.5, 0.6) is 0 Å². The number of quaternary nitrogens is 2. The van der Waals surface area contributed by atoms with Crippen LogP contribution in [0.4, 0.5) is 11.4 Å². The number of rotatable bonds is 0. The second-order valence-electron chi connectivity index (χ2n) is 18.8. The Morgan fingerprint density at radius 3 is 1.50 bits per heavy atom. The first-order valence-corrected chi connectivity index (χ1v) is 19.3. The second-order valence-corrected chi connectivity index (χ2v) is 18.8. The van der Waals surface area contributed by atoms with Crippen molar-refractivity contribution in [1.82, 2.24) is 0 Å². The molecule has 2 N–H and O–H groups in total. The summed E-state index contributed by atoms with van der Waals surface area (Å²) < 4.78 is 2.15.